The first kappa shape index (κ1) is 16.3. The van der Waals surface area contributed by atoms with Crippen molar-refractivity contribution in [1.82, 2.24) is 15.3 Å². The molecule has 24 heavy (non-hydrogen) atoms. The molecule has 0 spiro atoms. The van der Waals surface area contributed by atoms with Gasteiger partial charge in [-0.15, -0.1) is 11.3 Å². The smallest absolute Gasteiger partial charge is 0.226 e. The lowest BCUT2D eigenvalue weighted by molar-refractivity contribution is -0.121. The van der Waals surface area contributed by atoms with Crippen LogP contribution in [0.15, 0.2) is 54.2 Å². The molecule has 3 rings (SSSR count). The van der Waals surface area contributed by atoms with E-state index in [0.29, 0.717) is 0 Å². The van der Waals surface area contributed by atoms with Gasteiger partial charge in [-0.2, -0.15) is 0 Å². The Labute approximate surface area is 145 Å². The van der Waals surface area contributed by atoms with Crippen molar-refractivity contribution in [3.05, 3.63) is 71.0 Å². The number of thiazole rings is 1. The maximum absolute atomic E-state index is 12.3. The van der Waals surface area contributed by atoms with Gasteiger partial charge in [-0.05, 0) is 37.1 Å². The van der Waals surface area contributed by atoms with E-state index in [2.05, 4.69) is 28.3 Å². The van der Waals surface area contributed by atoms with Crippen LogP contribution in [0, 0.1) is 6.92 Å². The zero-order valence-corrected chi connectivity index (χ0v) is 14.5. The first-order chi connectivity index (χ1) is 11.6. The number of amides is 1. The lowest BCUT2D eigenvalue weighted by Gasteiger charge is -2.16. The average molecular weight is 337 g/mol. The van der Waals surface area contributed by atoms with Gasteiger partial charge in [0.05, 0.1) is 18.2 Å². The number of pyridine rings is 1. The van der Waals surface area contributed by atoms with Gasteiger partial charge >= 0.3 is 0 Å². The predicted molar refractivity (Wildman–Crippen MR) is 96.8 cm³/mol. The summed E-state index contributed by atoms with van der Waals surface area (Å²) < 4.78 is 0. The van der Waals surface area contributed by atoms with Crippen LogP contribution >= 0.6 is 11.3 Å². The third-order valence-electron chi connectivity index (χ3n) is 3.83. The molecule has 5 heteroatoms. The highest BCUT2D eigenvalue weighted by molar-refractivity contribution is 7.13. The topological polar surface area (TPSA) is 54.9 Å². The predicted octanol–water partition coefficient (Wildman–Crippen LogP) is 3.93. The fourth-order valence-corrected chi connectivity index (χ4v) is 3.43. The number of carbonyl (C=O) groups excluding carboxylic acids is 1. The van der Waals surface area contributed by atoms with E-state index in [1.807, 2.05) is 42.6 Å². The summed E-state index contributed by atoms with van der Waals surface area (Å²) >= 11 is 1.53. The van der Waals surface area contributed by atoms with Crippen molar-refractivity contribution in [3.8, 4) is 10.6 Å². The number of carbonyl (C=O) groups is 1. The molecular formula is C19H19N3OS. The Morgan fingerprint density at radius 2 is 2.08 bits per heavy atom. The lowest BCUT2D eigenvalue weighted by atomic mass is 10.0. The van der Waals surface area contributed by atoms with Crippen LogP contribution in [0.4, 0.5) is 0 Å². The Morgan fingerprint density at radius 3 is 2.83 bits per heavy atom. The molecule has 1 N–H and O–H groups in total. The molecule has 0 saturated heterocycles. The van der Waals surface area contributed by atoms with Crippen molar-refractivity contribution in [3.63, 3.8) is 0 Å². The maximum atomic E-state index is 12.3. The van der Waals surface area contributed by atoms with Crippen molar-refractivity contribution >= 4 is 17.2 Å². The summed E-state index contributed by atoms with van der Waals surface area (Å²) in [5.74, 6) is -0.0196. The summed E-state index contributed by atoms with van der Waals surface area (Å²) in [5, 5.41) is 5.87. The van der Waals surface area contributed by atoms with Crippen LogP contribution in [-0.4, -0.2) is 15.9 Å². The van der Waals surface area contributed by atoms with E-state index in [1.54, 1.807) is 12.4 Å². The highest BCUT2D eigenvalue weighted by Crippen LogP contribution is 2.23. The van der Waals surface area contributed by atoms with Gasteiger partial charge in [0.25, 0.3) is 0 Å². The van der Waals surface area contributed by atoms with Gasteiger partial charge in [0.2, 0.25) is 5.91 Å². The molecule has 1 aromatic carbocycles. The van der Waals surface area contributed by atoms with Gasteiger partial charge in [0.15, 0.2) is 0 Å². The van der Waals surface area contributed by atoms with E-state index in [9.17, 15) is 4.79 Å². The van der Waals surface area contributed by atoms with E-state index in [-0.39, 0.29) is 18.4 Å². The number of benzene rings is 1. The lowest BCUT2D eigenvalue weighted by Crippen LogP contribution is -2.28. The largest absolute Gasteiger partial charge is 0.349 e. The molecule has 0 fully saturated rings. The number of nitrogens with one attached hydrogen (secondary N) is 1. The van der Waals surface area contributed by atoms with Gasteiger partial charge < -0.3 is 5.32 Å². The average Bonchev–Trinajstić information content (AvgIpc) is 3.04. The number of hydrogen-bond donors (Lipinski definition) is 1. The molecule has 122 valence electrons. The molecule has 1 amide bonds. The second-order valence-corrected chi connectivity index (χ2v) is 6.57. The number of rotatable bonds is 5. The SMILES string of the molecule is Cc1ccccc1C(C)NC(=O)Cc1csc(-c2cccnc2)n1. The quantitative estimate of drug-likeness (QED) is 0.767. The molecule has 0 aliphatic carbocycles. The van der Waals surface area contributed by atoms with Crippen molar-refractivity contribution < 1.29 is 4.79 Å². The highest BCUT2D eigenvalue weighted by atomic mass is 32.1. The third kappa shape index (κ3) is 3.86. The molecule has 1 atom stereocenters. The molecule has 1 unspecified atom stereocenters. The summed E-state index contributed by atoms with van der Waals surface area (Å²) in [6.45, 7) is 4.06. The molecule has 0 bridgehead atoms. The molecule has 3 aromatic rings. The van der Waals surface area contributed by atoms with Crippen LogP contribution in [0.1, 0.15) is 29.8 Å². The molecular weight excluding hydrogens is 318 g/mol. The minimum Gasteiger partial charge on any atom is -0.349 e. The minimum atomic E-state index is -0.0196. The fourth-order valence-electron chi connectivity index (χ4n) is 2.62. The van der Waals surface area contributed by atoms with Crippen LogP contribution < -0.4 is 5.32 Å². The van der Waals surface area contributed by atoms with E-state index in [0.717, 1.165) is 21.8 Å². The molecule has 2 aromatic heterocycles. The van der Waals surface area contributed by atoms with Crippen molar-refractivity contribution in [2.75, 3.05) is 0 Å². The number of aryl methyl sites for hydroxylation is 1. The Balaban J connectivity index is 1.63. The standard InChI is InChI=1S/C19H19N3OS/c1-13-6-3-4-8-17(13)14(2)21-18(23)10-16-12-24-19(22-16)15-7-5-9-20-11-15/h3-9,11-12,14H,10H2,1-2H3,(H,21,23). The van der Waals surface area contributed by atoms with Crippen molar-refractivity contribution in [1.29, 1.82) is 0 Å². The Morgan fingerprint density at radius 1 is 1.25 bits per heavy atom. The van der Waals surface area contributed by atoms with Gasteiger partial charge in [0, 0.05) is 23.3 Å². The van der Waals surface area contributed by atoms with Crippen molar-refractivity contribution in [2.24, 2.45) is 0 Å². The third-order valence-corrected chi connectivity index (χ3v) is 4.77. The Bertz CT molecular complexity index is 829. The maximum Gasteiger partial charge on any atom is 0.226 e. The van der Waals surface area contributed by atoms with Crippen LogP contribution in [0.2, 0.25) is 0 Å². The fraction of sp³-hybridized carbons (Fsp3) is 0.211. The highest BCUT2D eigenvalue weighted by Gasteiger charge is 2.13. The Hall–Kier alpha value is -2.53. The first-order valence-corrected chi connectivity index (χ1v) is 8.71. The van der Waals surface area contributed by atoms with E-state index >= 15 is 0 Å². The minimum absolute atomic E-state index is 0.0184. The summed E-state index contributed by atoms with van der Waals surface area (Å²) in [6.07, 6.45) is 3.80. The summed E-state index contributed by atoms with van der Waals surface area (Å²) in [7, 11) is 0. The van der Waals surface area contributed by atoms with Crippen LogP contribution in [0.5, 0.6) is 0 Å². The summed E-state index contributed by atoms with van der Waals surface area (Å²) in [6, 6.07) is 11.9. The number of nitrogens with zero attached hydrogens (tertiary/aromatic N) is 2. The molecule has 2 heterocycles. The van der Waals surface area contributed by atoms with Crippen molar-refractivity contribution in [2.45, 2.75) is 26.3 Å². The van der Waals surface area contributed by atoms with E-state index in [1.165, 1.54) is 16.9 Å². The normalized spacial score (nSPS) is 11.9. The van der Waals surface area contributed by atoms with Gasteiger partial charge in [-0.1, -0.05) is 24.3 Å². The molecule has 0 aliphatic rings. The molecule has 4 nitrogen and oxygen atoms in total. The van der Waals surface area contributed by atoms with Crippen LogP contribution in [0.3, 0.4) is 0 Å². The van der Waals surface area contributed by atoms with E-state index in [4.69, 9.17) is 0 Å². The van der Waals surface area contributed by atoms with Gasteiger partial charge in [-0.3, -0.25) is 9.78 Å². The second kappa shape index (κ2) is 7.36. The van der Waals surface area contributed by atoms with Crippen LogP contribution in [0.25, 0.3) is 10.6 Å². The molecule has 0 aliphatic heterocycles. The summed E-state index contributed by atoms with van der Waals surface area (Å²) in [5.41, 5.74) is 4.08. The first-order valence-electron chi connectivity index (χ1n) is 7.83. The molecule has 0 saturated carbocycles. The zero-order chi connectivity index (χ0) is 16.9. The van der Waals surface area contributed by atoms with E-state index < -0.39 is 0 Å². The zero-order valence-electron chi connectivity index (χ0n) is 13.7. The summed E-state index contributed by atoms with van der Waals surface area (Å²) in [4.78, 5) is 20.9. The second-order valence-electron chi connectivity index (χ2n) is 5.71. The Kier molecular flexibility index (Phi) is 5.01. The monoisotopic (exact) mass is 337 g/mol. The van der Waals surface area contributed by atoms with Crippen LogP contribution in [-0.2, 0) is 11.2 Å². The molecule has 0 radical (unpaired) electrons. The number of hydrogen-bond acceptors (Lipinski definition) is 4. The van der Waals surface area contributed by atoms with Gasteiger partial charge in [-0.25, -0.2) is 4.98 Å². The van der Waals surface area contributed by atoms with Gasteiger partial charge in [0.1, 0.15) is 5.01 Å². The number of aromatic nitrogens is 2.